The van der Waals surface area contributed by atoms with E-state index in [9.17, 15) is 9.59 Å². The normalized spacial score (nSPS) is 14.8. The fraction of sp³-hybridized carbons (Fsp3) is 0.773. The largest absolute Gasteiger partial charge is 0.464 e. The lowest BCUT2D eigenvalue weighted by Gasteiger charge is -2.40. The van der Waals surface area contributed by atoms with E-state index in [4.69, 9.17) is 13.9 Å². The van der Waals surface area contributed by atoms with E-state index >= 15 is 0 Å². The second-order valence-electron chi connectivity index (χ2n) is 10.7. The minimum absolute atomic E-state index is 0.000387. The van der Waals surface area contributed by atoms with Crippen LogP contribution in [0.1, 0.15) is 83.4 Å². The summed E-state index contributed by atoms with van der Waals surface area (Å²) in [6, 6.07) is -0.185. The van der Waals surface area contributed by atoms with Crippen LogP contribution in [0.2, 0.25) is 18.1 Å². The van der Waals surface area contributed by atoms with Gasteiger partial charge in [-0.15, -0.1) is 11.3 Å². The Bertz CT molecular complexity index is 750. The molecule has 1 N–H and O–H groups in total. The van der Waals surface area contributed by atoms with Gasteiger partial charge in [0, 0.05) is 11.4 Å². The predicted molar refractivity (Wildman–Crippen MR) is 127 cm³/mol. The van der Waals surface area contributed by atoms with Gasteiger partial charge in [-0.25, -0.2) is 14.6 Å². The number of alkyl carbamates (subject to hydrolysis) is 1. The average Bonchev–Trinajstić information content (AvgIpc) is 3.06. The van der Waals surface area contributed by atoms with Crippen molar-refractivity contribution in [3.8, 4) is 0 Å². The van der Waals surface area contributed by atoms with Crippen LogP contribution in [0.4, 0.5) is 4.79 Å². The molecule has 0 saturated carbocycles. The SMILES string of the molecule is COC(=O)c1csc([C@@H](C[C@@H](NC(=O)OC(C)(C)C)C(C)C)O[Si](C)(C)C(C)(C)C)n1. The first-order chi connectivity index (χ1) is 14.0. The number of hydrogen-bond donors (Lipinski definition) is 1. The van der Waals surface area contributed by atoms with E-state index in [-0.39, 0.29) is 28.8 Å². The number of methoxy groups -OCH3 is 1. The van der Waals surface area contributed by atoms with Crippen molar-refractivity contribution in [3.63, 3.8) is 0 Å². The van der Waals surface area contributed by atoms with Crippen molar-refractivity contribution in [1.82, 2.24) is 10.3 Å². The number of thiazole rings is 1. The summed E-state index contributed by atoms with van der Waals surface area (Å²) in [6.45, 7) is 20.5. The highest BCUT2D eigenvalue weighted by molar-refractivity contribution is 7.09. The molecule has 0 aliphatic carbocycles. The topological polar surface area (TPSA) is 86.8 Å². The van der Waals surface area contributed by atoms with Gasteiger partial charge in [0.2, 0.25) is 0 Å². The molecule has 1 aromatic heterocycles. The molecule has 0 aliphatic heterocycles. The van der Waals surface area contributed by atoms with Gasteiger partial charge in [-0.1, -0.05) is 34.6 Å². The Morgan fingerprint density at radius 3 is 2.19 bits per heavy atom. The lowest BCUT2D eigenvalue weighted by Crippen LogP contribution is -2.45. The summed E-state index contributed by atoms with van der Waals surface area (Å²) < 4.78 is 17.0. The van der Waals surface area contributed by atoms with E-state index in [1.807, 2.05) is 34.6 Å². The monoisotopic (exact) mass is 472 g/mol. The van der Waals surface area contributed by atoms with E-state index in [0.717, 1.165) is 0 Å². The van der Waals surface area contributed by atoms with Crippen LogP contribution < -0.4 is 5.32 Å². The van der Waals surface area contributed by atoms with Crippen molar-refractivity contribution in [2.24, 2.45) is 5.92 Å². The Balaban J connectivity index is 3.20. The van der Waals surface area contributed by atoms with Crippen LogP contribution >= 0.6 is 11.3 Å². The summed E-state index contributed by atoms with van der Waals surface area (Å²) in [5, 5.41) is 5.40. The fourth-order valence-electron chi connectivity index (χ4n) is 2.55. The second-order valence-corrected chi connectivity index (χ2v) is 16.3. The van der Waals surface area contributed by atoms with Crippen molar-refractivity contribution >= 4 is 31.7 Å². The molecule has 1 heterocycles. The van der Waals surface area contributed by atoms with E-state index < -0.39 is 26.0 Å². The maximum atomic E-state index is 12.4. The van der Waals surface area contributed by atoms with Crippen LogP contribution in [0.3, 0.4) is 0 Å². The van der Waals surface area contributed by atoms with Crippen molar-refractivity contribution < 1.29 is 23.5 Å². The third-order valence-electron chi connectivity index (χ3n) is 5.41. The maximum absolute atomic E-state index is 12.4. The van der Waals surface area contributed by atoms with Gasteiger partial charge in [-0.2, -0.15) is 0 Å². The summed E-state index contributed by atoms with van der Waals surface area (Å²) in [5.74, 6) is -0.320. The third kappa shape index (κ3) is 8.54. The minimum Gasteiger partial charge on any atom is -0.464 e. The molecule has 2 atom stereocenters. The molecule has 0 saturated heterocycles. The molecule has 0 bridgehead atoms. The summed E-state index contributed by atoms with van der Waals surface area (Å²) in [6.07, 6.45) is -0.282. The number of aromatic nitrogens is 1. The van der Waals surface area contributed by atoms with Gasteiger partial charge in [0.25, 0.3) is 0 Å². The van der Waals surface area contributed by atoms with Gasteiger partial charge in [0.1, 0.15) is 10.6 Å². The molecule has 1 aromatic rings. The molecule has 0 spiro atoms. The number of rotatable bonds is 8. The van der Waals surface area contributed by atoms with E-state index in [2.05, 4.69) is 44.2 Å². The standard InChI is InChI=1S/C22H40N2O5SSi/c1-14(2)15(24-20(26)28-21(3,4)5)12-17(29-31(10,11)22(6,7)8)18-23-16(13-30-18)19(25)27-9/h13-15,17H,12H2,1-11H3,(H,24,26)/t15-,17-/m1/s1. The number of nitrogens with one attached hydrogen (secondary N) is 1. The third-order valence-corrected chi connectivity index (χ3v) is 10.8. The molecule has 9 heteroatoms. The van der Waals surface area contributed by atoms with Crippen molar-refractivity contribution in [1.29, 1.82) is 0 Å². The number of nitrogens with zero attached hydrogens (tertiary/aromatic N) is 1. The number of carbonyl (C=O) groups is 2. The van der Waals surface area contributed by atoms with E-state index in [1.54, 1.807) is 5.38 Å². The Kier molecular flexibility index (Phi) is 9.29. The summed E-state index contributed by atoms with van der Waals surface area (Å²) >= 11 is 1.38. The summed E-state index contributed by atoms with van der Waals surface area (Å²) in [4.78, 5) is 28.8. The molecular weight excluding hydrogens is 432 g/mol. The molecule has 1 rings (SSSR count). The Hall–Kier alpha value is -1.45. The van der Waals surface area contributed by atoms with E-state index in [0.29, 0.717) is 11.4 Å². The highest BCUT2D eigenvalue weighted by Gasteiger charge is 2.41. The van der Waals surface area contributed by atoms with Crippen molar-refractivity contribution in [3.05, 3.63) is 16.1 Å². The molecule has 0 fully saturated rings. The van der Waals surface area contributed by atoms with Gasteiger partial charge >= 0.3 is 12.1 Å². The van der Waals surface area contributed by atoms with Crippen LogP contribution in [0.25, 0.3) is 0 Å². The second kappa shape index (κ2) is 10.4. The van der Waals surface area contributed by atoms with Crippen LogP contribution in [0.15, 0.2) is 5.38 Å². The van der Waals surface area contributed by atoms with Crippen molar-refractivity contribution in [2.45, 2.75) is 97.7 Å². The Labute approximate surface area is 192 Å². The zero-order valence-electron chi connectivity index (χ0n) is 20.9. The predicted octanol–water partition coefficient (Wildman–Crippen LogP) is 5.93. The highest BCUT2D eigenvalue weighted by atomic mass is 32.1. The number of amides is 1. The Morgan fingerprint density at radius 1 is 1.16 bits per heavy atom. The average molecular weight is 473 g/mol. The number of hydrogen-bond acceptors (Lipinski definition) is 7. The molecule has 0 aliphatic rings. The van der Waals surface area contributed by atoms with E-state index in [1.165, 1.54) is 18.4 Å². The van der Waals surface area contributed by atoms with Gasteiger partial charge in [-0.05, 0) is 51.2 Å². The van der Waals surface area contributed by atoms with Crippen LogP contribution in [-0.4, -0.2) is 44.1 Å². The van der Waals surface area contributed by atoms with Crippen LogP contribution in [0, 0.1) is 5.92 Å². The first kappa shape index (κ1) is 27.6. The lowest BCUT2D eigenvalue weighted by molar-refractivity contribution is 0.0464. The first-order valence-electron chi connectivity index (χ1n) is 10.7. The lowest BCUT2D eigenvalue weighted by atomic mass is 9.98. The quantitative estimate of drug-likeness (QED) is 0.372. The molecule has 0 radical (unpaired) electrons. The molecule has 1 amide bonds. The van der Waals surface area contributed by atoms with Crippen molar-refractivity contribution in [2.75, 3.05) is 7.11 Å². The smallest absolute Gasteiger partial charge is 0.407 e. The summed E-state index contributed by atoms with van der Waals surface area (Å²) in [5.41, 5.74) is -0.305. The number of carbonyl (C=O) groups excluding carboxylic acids is 2. The Morgan fingerprint density at radius 2 is 1.74 bits per heavy atom. The van der Waals surface area contributed by atoms with Gasteiger partial charge in [0.05, 0.1) is 13.2 Å². The minimum atomic E-state index is -2.15. The van der Waals surface area contributed by atoms with Crippen LogP contribution in [0.5, 0.6) is 0 Å². The highest BCUT2D eigenvalue weighted by Crippen LogP contribution is 2.41. The first-order valence-corrected chi connectivity index (χ1v) is 14.5. The molecule has 31 heavy (non-hydrogen) atoms. The van der Waals surface area contributed by atoms with Gasteiger partial charge < -0.3 is 19.2 Å². The molecule has 178 valence electrons. The molecule has 7 nitrogen and oxygen atoms in total. The van der Waals surface area contributed by atoms with Crippen LogP contribution in [-0.2, 0) is 13.9 Å². The number of esters is 1. The zero-order chi connectivity index (χ0) is 24.2. The summed E-state index contributed by atoms with van der Waals surface area (Å²) in [7, 11) is -0.812. The molecule has 0 aromatic carbocycles. The number of ether oxygens (including phenoxy) is 2. The zero-order valence-corrected chi connectivity index (χ0v) is 22.7. The maximum Gasteiger partial charge on any atom is 0.407 e. The fourth-order valence-corrected chi connectivity index (χ4v) is 4.74. The molecule has 0 unspecified atom stereocenters. The van der Waals surface area contributed by atoms with Gasteiger partial charge in [0.15, 0.2) is 14.0 Å². The van der Waals surface area contributed by atoms with Gasteiger partial charge in [-0.3, -0.25) is 0 Å². The molecular formula is C22H40N2O5SSi.